The molecule has 30 heavy (non-hydrogen) atoms. The van der Waals surface area contributed by atoms with Crippen LogP contribution in [0.1, 0.15) is 17.0 Å². The first-order valence-corrected chi connectivity index (χ1v) is 9.30. The average molecular weight is 400 g/mol. The Hall–Kier alpha value is -4.18. The van der Waals surface area contributed by atoms with Gasteiger partial charge in [-0.1, -0.05) is 24.8 Å². The van der Waals surface area contributed by atoms with Crippen molar-refractivity contribution in [2.45, 2.75) is 5.92 Å². The van der Waals surface area contributed by atoms with Gasteiger partial charge >= 0.3 is 0 Å². The number of methoxy groups -OCH3 is 1. The van der Waals surface area contributed by atoms with E-state index in [0.717, 1.165) is 28.1 Å². The van der Waals surface area contributed by atoms with Gasteiger partial charge in [-0.25, -0.2) is 0 Å². The van der Waals surface area contributed by atoms with Gasteiger partial charge in [0.05, 0.1) is 24.3 Å². The number of nitrogens with one attached hydrogen (secondary N) is 1. The fraction of sp³-hybridized carbons (Fsp3) is 0.130. The first-order valence-electron chi connectivity index (χ1n) is 9.30. The number of rotatable bonds is 6. The van der Waals surface area contributed by atoms with Crippen molar-refractivity contribution in [1.82, 2.24) is 10.2 Å². The van der Waals surface area contributed by atoms with Gasteiger partial charge in [0.25, 0.3) is 0 Å². The lowest BCUT2D eigenvalue weighted by Crippen LogP contribution is -2.21. The minimum atomic E-state index is -0.428. The summed E-state index contributed by atoms with van der Waals surface area (Å²) in [7, 11) is 1.62. The Bertz CT molecular complexity index is 1140. The van der Waals surface area contributed by atoms with Crippen LogP contribution in [0.3, 0.4) is 0 Å². The van der Waals surface area contributed by atoms with E-state index < -0.39 is 5.92 Å². The van der Waals surface area contributed by atoms with Crippen molar-refractivity contribution < 1.29 is 14.2 Å². The number of H-pyrrole nitrogens is 1. The van der Waals surface area contributed by atoms with E-state index in [4.69, 9.17) is 19.9 Å². The average Bonchev–Trinajstić information content (AvgIpc) is 3.20. The molecule has 2 heterocycles. The third kappa shape index (κ3) is 3.35. The summed E-state index contributed by atoms with van der Waals surface area (Å²) >= 11 is 0. The van der Waals surface area contributed by atoms with Crippen LogP contribution in [0.25, 0.3) is 11.3 Å². The van der Waals surface area contributed by atoms with Crippen molar-refractivity contribution in [2.24, 2.45) is 5.73 Å². The molecule has 0 saturated heterocycles. The molecule has 1 aliphatic heterocycles. The molecule has 1 atom stereocenters. The van der Waals surface area contributed by atoms with Crippen LogP contribution >= 0.6 is 0 Å². The van der Waals surface area contributed by atoms with E-state index in [1.807, 2.05) is 48.5 Å². The number of nitrogens with zero attached hydrogens (tertiary/aromatic N) is 2. The maximum Gasteiger partial charge on any atom is 0.244 e. The molecule has 0 bridgehead atoms. The van der Waals surface area contributed by atoms with E-state index in [1.54, 1.807) is 13.2 Å². The molecule has 3 N–H and O–H groups in total. The lowest BCUT2D eigenvalue weighted by atomic mass is 9.83. The molecule has 1 unspecified atom stereocenters. The summed E-state index contributed by atoms with van der Waals surface area (Å²) in [5, 5.41) is 17.1. The lowest BCUT2D eigenvalue weighted by molar-refractivity contribution is 0.363. The highest BCUT2D eigenvalue weighted by Gasteiger charge is 2.35. The minimum Gasteiger partial charge on any atom is -0.497 e. The predicted octanol–water partition coefficient (Wildman–Crippen LogP) is 3.87. The van der Waals surface area contributed by atoms with Crippen molar-refractivity contribution in [3.8, 4) is 34.7 Å². The zero-order chi connectivity index (χ0) is 21.1. The number of benzene rings is 2. The topological polar surface area (TPSA) is 106 Å². The number of nitriles is 1. The quantitative estimate of drug-likeness (QED) is 0.609. The number of hydrogen-bond acceptors (Lipinski definition) is 6. The summed E-state index contributed by atoms with van der Waals surface area (Å²) in [6, 6.07) is 17.3. The molecular weight excluding hydrogens is 380 g/mol. The second-order valence-electron chi connectivity index (χ2n) is 6.64. The Morgan fingerprint density at radius 2 is 1.90 bits per heavy atom. The molecule has 150 valence electrons. The van der Waals surface area contributed by atoms with Crippen LogP contribution < -0.4 is 19.9 Å². The molecule has 0 fully saturated rings. The van der Waals surface area contributed by atoms with Crippen molar-refractivity contribution in [1.29, 1.82) is 5.26 Å². The zero-order valence-electron chi connectivity index (χ0n) is 16.4. The maximum absolute atomic E-state index is 9.81. The Kier molecular flexibility index (Phi) is 5.14. The number of hydrogen-bond donors (Lipinski definition) is 2. The number of fused-ring (bicyclic) bond motifs is 1. The number of nitrogens with two attached hydrogens (primary N) is 1. The van der Waals surface area contributed by atoms with Crippen LogP contribution in [0.15, 0.2) is 72.6 Å². The Morgan fingerprint density at radius 3 is 2.53 bits per heavy atom. The van der Waals surface area contributed by atoms with Gasteiger partial charge in [0.1, 0.15) is 29.7 Å². The van der Waals surface area contributed by atoms with Crippen molar-refractivity contribution in [3.05, 3.63) is 83.8 Å². The summed E-state index contributed by atoms with van der Waals surface area (Å²) < 4.78 is 16.5. The SMILES string of the molecule is C=CCOc1ccc(C2C(C#N)=C(N)Oc3n[nH]c(-c4ccc(OC)cc4)c32)cc1. The highest BCUT2D eigenvalue weighted by molar-refractivity contribution is 5.71. The summed E-state index contributed by atoms with van der Waals surface area (Å²) in [6.45, 7) is 4.07. The molecule has 4 rings (SSSR count). The molecule has 7 heteroatoms. The van der Waals surface area contributed by atoms with E-state index in [0.29, 0.717) is 23.8 Å². The van der Waals surface area contributed by atoms with Gasteiger partial charge < -0.3 is 19.9 Å². The number of aromatic nitrogens is 2. The van der Waals surface area contributed by atoms with Gasteiger partial charge in [0.2, 0.25) is 11.8 Å². The Balaban J connectivity index is 1.81. The largest absolute Gasteiger partial charge is 0.497 e. The molecule has 1 aliphatic rings. The first-order chi connectivity index (χ1) is 14.7. The smallest absolute Gasteiger partial charge is 0.244 e. The zero-order valence-corrected chi connectivity index (χ0v) is 16.4. The molecule has 0 amide bonds. The number of aromatic amines is 1. The van der Waals surface area contributed by atoms with Gasteiger partial charge in [-0.15, -0.1) is 5.10 Å². The third-order valence-electron chi connectivity index (χ3n) is 4.90. The van der Waals surface area contributed by atoms with Crippen LogP contribution in [0, 0.1) is 11.3 Å². The second kappa shape index (κ2) is 8.05. The van der Waals surface area contributed by atoms with Crippen molar-refractivity contribution >= 4 is 0 Å². The molecule has 1 aromatic heterocycles. The summed E-state index contributed by atoms with van der Waals surface area (Å²) in [4.78, 5) is 0. The lowest BCUT2D eigenvalue weighted by Gasteiger charge is -2.24. The molecule has 0 saturated carbocycles. The van der Waals surface area contributed by atoms with Gasteiger partial charge in [-0.05, 0) is 42.0 Å². The molecule has 7 nitrogen and oxygen atoms in total. The molecule has 0 spiro atoms. The Morgan fingerprint density at radius 1 is 1.20 bits per heavy atom. The van der Waals surface area contributed by atoms with Crippen molar-refractivity contribution in [3.63, 3.8) is 0 Å². The first kappa shape index (κ1) is 19.2. The van der Waals surface area contributed by atoms with E-state index >= 15 is 0 Å². The predicted molar refractivity (Wildman–Crippen MR) is 112 cm³/mol. The normalized spacial score (nSPS) is 15.0. The van der Waals surface area contributed by atoms with E-state index in [-0.39, 0.29) is 5.88 Å². The van der Waals surface area contributed by atoms with E-state index in [2.05, 4.69) is 22.8 Å². The molecule has 2 aromatic carbocycles. The van der Waals surface area contributed by atoms with Crippen LogP contribution in [0.2, 0.25) is 0 Å². The fourth-order valence-electron chi connectivity index (χ4n) is 3.47. The van der Waals surface area contributed by atoms with Gasteiger partial charge in [0.15, 0.2) is 0 Å². The number of ether oxygens (including phenoxy) is 3. The highest BCUT2D eigenvalue weighted by Crippen LogP contribution is 2.45. The van der Waals surface area contributed by atoms with E-state index in [9.17, 15) is 5.26 Å². The fourth-order valence-corrected chi connectivity index (χ4v) is 3.47. The van der Waals surface area contributed by atoms with E-state index in [1.165, 1.54) is 0 Å². The monoisotopic (exact) mass is 400 g/mol. The van der Waals surface area contributed by atoms with Crippen LogP contribution in [0.5, 0.6) is 17.4 Å². The molecular formula is C23H20N4O3. The molecule has 0 radical (unpaired) electrons. The summed E-state index contributed by atoms with van der Waals surface area (Å²) in [5.74, 6) is 1.44. The number of allylic oxidation sites excluding steroid dienone is 1. The minimum absolute atomic E-state index is 0.0507. The standard InChI is InChI=1S/C23H20N4O3/c1-3-12-29-17-10-4-14(5-11-17)19-18(13-24)22(25)30-23-20(19)21(26-27-23)15-6-8-16(28-2)9-7-15/h3-11,19H,1,12,25H2,2H3,(H,26,27). The summed E-state index contributed by atoms with van der Waals surface area (Å²) in [5.41, 5.74) is 9.65. The third-order valence-corrected chi connectivity index (χ3v) is 4.90. The van der Waals surface area contributed by atoms with Gasteiger partial charge in [-0.3, -0.25) is 5.10 Å². The van der Waals surface area contributed by atoms with Crippen molar-refractivity contribution in [2.75, 3.05) is 13.7 Å². The van der Waals surface area contributed by atoms with Gasteiger partial charge in [0, 0.05) is 5.56 Å². The molecule has 0 aliphatic carbocycles. The van der Waals surface area contributed by atoms with Gasteiger partial charge in [-0.2, -0.15) is 5.26 Å². The van der Waals surface area contributed by atoms with Crippen LogP contribution in [-0.2, 0) is 0 Å². The van der Waals surface area contributed by atoms with Crippen LogP contribution in [-0.4, -0.2) is 23.9 Å². The highest BCUT2D eigenvalue weighted by atomic mass is 16.5. The maximum atomic E-state index is 9.81. The summed E-state index contributed by atoms with van der Waals surface area (Å²) in [6.07, 6.45) is 1.68. The Labute approximate surface area is 174 Å². The second-order valence-corrected chi connectivity index (χ2v) is 6.64. The molecule has 3 aromatic rings. The van der Waals surface area contributed by atoms with Crippen LogP contribution in [0.4, 0.5) is 0 Å².